The van der Waals surface area contributed by atoms with Gasteiger partial charge in [0.05, 0.1) is 0 Å². The van der Waals surface area contributed by atoms with E-state index < -0.39 is 0 Å². The number of nitrogens with one attached hydrogen (secondary N) is 1. The van der Waals surface area contributed by atoms with Crippen LogP contribution < -0.4 is 5.56 Å². The minimum absolute atomic E-state index is 0.114. The third-order valence-corrected chi connectivity index (χ3v) is 3.55. The second kappa shape index (κ2) is 3.51. The van der Waals surface area contributed by atoms with Crippen LogP contribution in [0.4, 0.5) is 0 Å². The van der Waals surface area contributed by atoms with E-state index in [1.165, 1.54) is 5.56 Å². The first kappa shape index (κ1) is 10.5. The van der Waals surface area contributed by atoms with Crippen molar-refractivity contribution >= 4 is 0 Å². The van der Waals surface area contributed by atoms with E-state index in [0.29, 0.717) is 23.7 Å². The zero-order valence-corrected chi connectivity index (χ0v) is 9.87. The molecule has 0 aromatic carbocycles. The molecule has 1 N–H and O–H groups in total. The van der Waals surface area contributed by atoms with Gasteiger partial charge in [-0.2, -0.15) is 0 Å². The number of rotatable bonds is 2. The monoisotopic (exact) mass is 205 g/mol. The molecule has 2 nitrogen and oxygen atoms in total. The molecule has 2 atom stereocenters. The molecule has 0 radical (unpaired) electrons. The summed E-state index contributed by atoms with van der Waals surface area (Å²) in [4.78, 5) is 14.5. The quantitative estimate of drug-likeness (QED) is 0.791. The zero-order chi connectivity index (χ0) is 11.2. The fourth-order valence-corrected chi connectivity index (χ4v) is 2.94. The Labute approximate surface area is 90.7 Å². The number of pyridine rings is 1. The van der Waals surface area contributed by atoms with Gasteiger partial charge in [0.25, 0.3) is 5.56 Å². The molecule has 0 amide bonds. The van der Waals surface area contributed by atoms with Gasteiger partial charge in [0.2, 0.25) is 0 Å². The largest absolute Gasteiger partial charge is 0.329 e. The van der Waals surface area contributed by atoms with Crippen LogP contribution in [0.3, 0.4) is 0 Å². The summed E-state index contributed by atoms with van der Waals surface area (Å²) >= 11 is 0. The molecule has 0 saturated heterocycles. The van der Waals surface area contributed by atoms with Gasteiger partial charge in [0.1, 0.15) is 0 Å². The molecule has 1 aliphatic rings. The molecule has 15 heavy (non-hydrogen) atoms. The highest BCUT2D eigenvalue weighted by Gasteiger charge is 2.42. The maximum Gasteiger partial charge on any atom is 0.251 e. The van der Waals surface area contributed by atoms with Gasteiger partial charge in [-0.1, -0.05) is 27.7 Å². The van der Waals surface area contributed by atoms with E-state index >= 15 is 0 Å². The van der Waals surface area contributed by atoms with Crippen LogP contribution >= 0.6 is 0 Å². The lowest BCUT2D eigenvalue weighted by Gasteiger charge is -2.43. The molecule has 1 heterocycles. The fraction of sp³-hybridized carbons (Fsp3) is 0.615. The van der Waals surface area contributed by atoms with Gasteiger partial charge in [0.15, 0.2) is 0 Å². The van der Waals surface area contributed by atoms with Gasteiger partial charge in [-0.15, -0.1) is 0 Å². The number of hydrogen-bond donors (Lipinski definition) is 1. The van der Waals surface area contributed by atoms with Crippen molar-refractivity contribution in [2.24, 2.45) is 11.8 Å². The van der Waals surface area contributed by atoms with Gasteiger partial charge in [-0.25, -0.2) is 0 Å². The molecule has 2 heteroatoms. The molecule has 2 unspecified atom stereocenters. The first-order chi connectivity index (χ1) is 7.04. The van der Waals surface area contributed by atoms with Crippen LogP contribution in [0.1, 0.15) is 50.7 Å². The van der Waals surface area contributed by atoms with Crippen molar-refractivity contribution in [2.45, 2.75) is 39.5 Å². The molecule has 82 valence electrons. The summed E-state index contributed by atoms with van der Waals surface area (Å²) < 4.78 is 0. The van der Waals surface area contributed by atoms with Gasteiger partial charge in [-0.05, 0) is 35.3 Å². The standard InChI is InChI=1S/C13H19NO/c1-7(2)10-9-5-6-14-13(15)12(9)11(10)8(3)4/h5-8,10-11H,1-4H3,(H,14,15). The molecule has 1 aromatic rings. The van der Waals surface area contributed by atoms with Crippen molar-refractivity contribution in [2.75, 3.05) is 0 Å². The predicted octanol–water partition coefficient (Wildman–Crippen LogP) is 2.87. The highest BCUT2D eigenvalue weighted by atomic mass is 16.1. The van der Waals surface area contributed by atoms with Gasteiger partial charge >= 0.3 is 0 Å². The predicted molar refractivity (Wildman–Crippen MR) is 62.2 cm³/mol. The van der Waals surface area contributed by atoms with E-state index in [1.807, 2.05) is 0 Å². The van der Waals surface area contributed by atoms with Crippen LogP contribution in [0, 0.1) is 11.8 Å². The Balaban J connectivity index is 2.50. The Kier molecular flexibility index (Phi) is 2.45. The minimum Gasteiger partial charge on any atom is -0.329 e. The topological polar surface area (TPSA) is 32.9 Å². The van der Waals surface area contributed by atoms with Crippen LogP contribution in [0.5, 0.6) is 0 Å². The van der Waals surface area contributed by atoms with Gasteiger partial charge < -0.3 is 4.98 Å². The maximum atomic E-state index is 11.7. The van der Waals surface area contributed by atoms with Crippen molar-refractivity contribution in [1.29, 1.82) is 0 Å². The number of aromatic nitrogens is 1. The molecule has 2 rings (SSSR count). The molecule has 1 aliphatic carbocycles. The van der Waals surface area contributed by atoms with E-state index in [-0.39, 0.29) is 5.56 Å². The SMILES string of the molecule is CC(C)C1c2cc[nH]c(=O)c2C1C(C)C. The Morgan fingerprint density at radius 3 is 2.27 bits per heavy atom. The first-order valence-electron chi connectivity index (χ1n) is 5.75. The van der Waals surface area contributed by atoms with E-state index in [9.17, 15) is 4.79 Å². The van der Waals surface area contributed by atoms with E-state index in [1.54, 1.807) is 6.20 Å². The summed E-state index contributed by atoms with van der Waals surface area (Å²) in [7, 11) is 0. The van der Waals surface area contributed by atoms with E-state index in [4.69, 9.17) is 0 Å². The average Bonchev–Trinajstić information content (AvgIpc) is 2.06. The second-order valence-electron chi connectivity index (χ2n) is 5.22. The van der Waals surface area contributed by atoms with Crippen molar-refractivity contribution < 1.29 is 0 Å². The van der Waals surface area contributed by atoms with Crippen molar-refractivity contribution in [3.8, 4) is 0 Å². The summed E-state index contributed by atoms with van der Waals surface area (Å²) in [6.45, 7) is 8.89. The van der Waals surface area contributed by atoms with Crippen molar-refractivity contribution in [3.63, 3.8) is 0 Å². The maximum absolute atomic E-state index is 11.7. The first-order valence-corrected chi connectivity index (χ1v) is 5.75. The molecule has 0 aliphatic heterocycles. The highest BCUT2D eigenvalue weighted by molar-refractivity contribution is 5.43. The smallest absolute Gasteiger partial charge is 0.251 e. The Morgan fingerprint density at radius 2 is 1.73 bits per heavy atom. The number of H-pyrrole nitrogens is 1. The summed E-state index contributed by atoms with van der Waals surface area (Å²) in [5.74, 6) is 2.19. The van der Waals surface area contributed by atoms with Crippen LogP contribution in [-0.4, -0.2) is 4.98 Å². The van der Waals surface area contributed by atoms with Gasteiger partial charge in [-0.3, -0.25) is 4.79 Å². The molecule has 0 bridgehead atoms. The molecule has 0 spiro atoms. The summed E-state index contributed by atoms with van der Waals surface area (Å²) in [5.41, 5.74) is 2.42. The third kappa shape index (κ3) is 1.43. The fourth-order valence-electron chi connectivity index (χ4n) is 2.94. The molecule has 0 fully saturated rings. The Hall–Kier alpha value is -1.05. The van der Waals surface area contributed by atoms with Crippen LogP contribution in [0.25, 0.3) is 0 Å². The van der Waals surface area contributed by atoms with Crippen LogP contribution in [-0.2, 0) is 0 Å². The lowest BCUT2D eigenvalue weighted by atomic mass is 9.60. The van der Waals surface area contributed by atoms with Crippen molar-refractivity contribution in [3.05, 3.63) is 33.7 Å². The molecular formula is C13H19NO. The Morgan fingerprint density at radius 1 is 1.13 bits per heavy atom. The van der Waals surface area contributed by atoms with Crippen LogP contribution in [0.2, 0.25) is 0 Å². The highest BCUT2D eigenvalue weighted by Crippen LogP contribution is 2.52. The zero-order valence-electron chi connectivity index (χ0n) is 9.87. The van der Waals surface area contributed by atoms with E-state index in [2.05, 4.69) is 38.7 Å². The summed E-state index contributed by atoms with van der Waals surface area (Å²) in [6, 6.07) is 2.07. The average molecular weight is 205 g/mol. The second-order valence-corrected chi connectivity index (χ2v) is 5.22. The number of hydrogen-bond acceptors (Lipinski definition) is 1. The van der Waals surface area contributed by atoms with Gasteiger partial charge in [0, 0.05) is 11.8 Å². The normalized spacial score (nSPS) is 24.1. The number of aromatic amines is 1. The van der Waals surface area contributed by atoms with E-state index in [0.717, 1.165) is 5.56 Å². The Bertz CT molecular complexity index is 417. The summed E-state index contributed by atoms with van der Waals surface area (Å²) in [5, 5.41) is 0. The molecule has 1 aromatic heterocycles. The lowest BCUT2D eigenvalue weighted by Crippen LogP contribution is -2.38. The van der Waals surface area contributed by atoms with Crippen molar-refractivity contribution in [1.82, 2.24) is 4.98 Å². The third-order valence-electron chi connectivity index (χ3n) is 3.55. The number of fused-ring (bicyclic) bond motifs is 1. The minimum atomic E-state index is 0.114. The molecule has 0 saturated carbocycles. The lowest BCUT2D eigenvalue weighted by molar-refractivity contribution is 0.298. The summed E-state index contributed by atoms with van der Waals surface area (Å²) in [6.07, 6.45) is 1.77. The molecular weight excluding hydrogens is 186 g/mol. The van der Waals surface area contributed by atoms with Crippen LogP contribution in [0.15, 0.2) is 17.1 Å².